The van der Waals surface area contributed by atoms with Crippen LogP contribution in [0, 0.1) is 6.92 Å². The number of rotatable bonds is 4. The van der Waals surface area contributed by atoms with Gasteiger partial charge in [-0.2, -0.15) is 0 Å². The molecular weight excluding hydrogens is 310 g/mol. The van der Waals surface area contributed by atoms with E-state index in [1.54, 1.807) is 0 Å². The maximum atomic E-state index is 4.67. The van der Waals surface area contributed by atoms with Crippen LogP contribution in [0.25, 0.3) is 0 Å². The molecule has 5 heteroatoms. The Bertz CT molecular complexity index is 819. The Morgan fingerprint density at radius 2 is 1.76 bits per heavy atom. The van der Waals surface area contributed by atoms with Gasteiger partial charge in [-0.3, -0.25) is 9.97 Å². The van der Waals surface area contributed by atoms with Crippen molar-refractivity contribution >= 4 is 5.69 Å². The Morgan fingerprint density at radius 3 is 2.52 bits per heavy atom. The topological polar surface area (TPSA) is 46.8 Å². The fourth-order valence-corrected chi connectivity index (χ4v) is 3.70. The van der Waals surface area contributed by atoms with E-state index in [2.05, 4.69) is 55.7 Å². The summed E-state index contributed by atoms with van der Waals surface area (Å²) >= 11 is 0. The van der Waals surface area contributed by atoms with Gasteiger partial charge in [0.05, 0.1) is 0 Å². The molecule has 3 aromatic rings. The number of aryl methyl sites for hydroxylation is 1. The predicted molar refractivity (Wildman–Crippen MR) is 98.7 cm³/mol. The highest BCUT2D eigenvalue weighted by Gasteiger charge is 2.24. The first-order chi connectivity index (χ1) is 12.3. The molecule has 0 bridgehead atoms. The maximum Gasteiger partial charge on any atom is 0.112 e. The van der Waals surface area contributed by atoms with Crippen molar-refractivity contribution < 1.29 is 0 Å². The SMILES string of the molecule is Cc1cnccc1N1CCC(c2nccn2Cc2ccncc2)CC1. The van der Waals surface area contributed by atoms with Crippen molar-refractivity contribution in [3.05, 3.63) is 72.3 Å². The van der Waals surface area contributed by atoms with Gasteiger partial charge in [-0.1, -0.05) is 0 Å². The van der Waals surface area contributed by atoms with E-state index < -0.39 is 0 Å². The molecule has 0 spiro atoms. The summed E-state index contributed by atoms with van der Waals surface area (Å²) in [5, 5.41) is 0. The zero-order valence-corrected chi connectivity index (χ0v) is 14.5. The maximum absolute atomic E-state index is 4.67. The molecule has 5 nitrogen and oxygen atoms in total. The van der Waals surface area contributed by atoms with Gasteiger partial charge in [-0.25, -0.2) is 4.98 Å². The summed E-state index contributed by atoms with van der Waals surface area (Å²) in [7, 11) is 0. The number of nitrogens with zero attached hydrogens (tertiary/aromatic N) is 5. The Morgan fingerprint density at radius 1 is 1.00 bits per heavy atom. The summed E-state index contributed by atoms with van der Waals surface area (Å²) in [6.45, 7) is 5.13. The molecule has 0 atom stereocenters. The van der Waals surface area contributed by atoms with Gasteiger partial charge in [0.2, 0.25) is 0 Å². The normalized spacial score (nSPS) is 15.5. The molecule has 1 fully saturated rings. The van der Waals surface area contributed by atoms with Crippen LogP contribution in [0.3, 0.4) is 0 Å². The zero-order chi connectivity index (χ0) is 17.1. The number of anilines is 1. The number of imidazole rings is 1. The molecular formula is C20H23N5. The van der Waals surface area contributed by atoms with Gasteiger partial charge in [-0.05, 0) is 49.1 Å². The Labute approximate surface area is 148 Å². The molecule has 4 rings (SSSR count). The number of piperidine rings is 1. The Balaban J connectivity index is 1.45. The standard InChI is InChI=1S/C20H23N5/c1-16-14-22-9-4-19(16)24-11-5-18(6-12-24)20-23-10-13-25(20)15-17-2-7-21-8-3-17/h2-4,7-10,13-14,18H,5-6,11-12,15H2,1H3. The second kappa shape index (κ2) is 7.05. The van der Waals surface area contributed by atoms with Crippen LogP contribution in [0.5, 0.6) is 0 Å². The molecule has 0 radical (unpaired) electrons. The van der Waals surface area contributed by atoms with Crippen LogP contribution in [0.2, 0.25) is 0 Å². The van der Waals surface area contributed by atoms with Crippen LogP contribution in [0.4, 0.5) is 5.69 Å². The molecule has 1 aliphatic rings. The van der Waals surface area contributed by atoms with E-state index in [0.29, 0.717) is 5.92 Å². The van der Waals surface area contributed by atoms with Crippen molar-refractivity contribution in [3.8, 4) is 0 Å². The van der Waals surface area contributed by atoms with E-state index in [4.69, 9.17) is 0 Å². The van der Waals surface area contributed by atoms with Crippen LogP contribution >= 0.6 is 0 Å². The number of pyridine rings is 2. The molecule has 4 heterocycles. The van der Waals surface area contributed by atoms with Crippen molar-refractivity contribution in [2.75, 3.05) is 18.0 Å². The zero-order valence-electron chi connectivity index (χ0n) is 14.5. The molecule has 0 unspecified atom stereocenters. The van der Waals surface area contributed by atoms with Crippen molar-refractivity contribution in [1.29, 1.82) is 0 Å². The van der Waals surface area contributed by atoms with E-state index in [1.165, 1.54) is 22.6 Å². The summed E-state index contributed by atoms with van der Waals surface area (Å²) in [6, 6.07) is 6.26. The number of aromatic nitrogens is 4. The van der Waals surface area contributed by atoms with Crippen molar-refractivity contribution in [2.24, 2.45) is 0 Å². The van der Waals surface area contributed by atoms with Gasteiger partial charge in [0.25, 0.3) is 0 Å². The minimum absolute atomic E-state index is 0.523. The summed E-state index contributed by atoms with van der Waals surface area (Å²) in [4.78, 5) is 15.4. The summed E-state index contributed by atoms with van der Waals surface area (Å²) in [5.41, 5.74) is 3.83. The average molecular weight is 333 g/mol. The van der Waals surface area contributed by atoms with E-state index in [0.717, 1.165) is 32.5 Å². The molecule has 1 aliphatic heterocycles. The molecule has 0 amide bonds. The molecule has 128 valence electrons. The van der Waals surface area contributed by atoms with E-state index in [-0.39, 0.29) is 0 Å². The van der Waals surface area contributed by atoms with Gasteiger partial charge in [0.15, 0.2) is 0 Å². The monoisotopic (exact) mass is 333 g/mol. The largest absolute Gasteiger partial charge is 0.371 e. The molecule has 0 aliphatic carbocycles. The third kappa shape index (κ3) is 3.40. The molecule has 0 saturated carbocycles. The highest BCUT2D eigenvalue weighted by atomic mass is 15.1. The Hall–Kier alpha value is -2.69. The van der Waals surface area contributed by atoms with Crippen LogP contribution in [-0.2, 0) is 6.54 Å². The molecule has 0 N–H and O–H groups in total. The quantitative estimate of drug-likeness (QED) is 0.734. The van der Waals surface area contributed by atoms with Crippen LogP contribution < -0.4 is 4.90 Å². The summed E-state index contributed by atoms with van der Waals surface area (Å²) < 4.78 is 2.29. The highest BCUT2D eigenvalue weighted by Crippen LogP contribution is 2.30. The van der Waals surface area contributed by atoms with Crippen molar-refractivity contribution in [1.82, 2.24) is 19.5 Å². The van der Waals surface area contributed by atoms with E-state index in [9.17, 15) is 0 Å². The third-order valence-electron chi connectivity index (χ3n) is 5.04. The number of hydrogen-bond acceptors (Lipinski definition) is 4. The second-order valence-electron chi connectivity index (χ2n) is 6.69. The van der Waals surface area contributed by atoms with Crippen LogP contribution in [0.1, 0.15) is 35.7 Å². The van der Waals surface area contributed by atoms with E-state index in [1.807, 2.05) is 31.0 Å². The van der Waals surface area contributed by atoms with Gasteiger partial charge in [0.1, 0.15) is 5.82 Å². The van der Waals surface area contributed by atoms with Crippen molar-refractivity contribution in [3.63, 3.8) is 0 Å². The fourth-order valence-electron chi connectivity index (χ4n) is 3.70. The molecule has 25 heavy (non-hydrogen) atoms. The highest BCUT2D eigenvalue weighted by molar-refractivity contribution is 5.51. The fraction of sp³-hybridized carbons (Fsp3) is 0.350. The van der Waals surface area contributed by atoms with Gasteiger partial charge in [-0.15, -0.1) is 0 Å². The van der Waals surface area contributed by atoms with Crippen LogP contribution in [0.15, 0.2) is 55.4 Å². The average Bonchev–Trinajstić information content (AvgIpc) is 3.11. The lowest BCUT2D eigenvalue weighted by molar-refractivity contribution is 0.470. The van der Waals surface area contributed by atoms with Gasteiger partial charge in [0, 0.05) is 68.4 Å². The predicted octanol–water partition coefficient (Wildman–Crippen LogP) is 3.41. The van der Waals surface area contributed by atoms with E-state index >= 15 is 0 Å². The van der Waals surface area contributed by atoms with Gasteiger partial charge >= 0.3 is 0 Å². The lowest BCUT2D eigenvalue weighted by Crippen LogP contribution is -2.34. The third-order valence-corrected chi connectivity index (χ3v) is 5.04. The minimum atomic E-state index is 0.523. The summed E-state index contributed by atoms with van der Waals surface area (Å²) in [6.07, 6.45) is 13.8. The smallest absolute Gasteiger partial charge is 0.112 e. The van der Waals surface area contributed by atoms with Gasteiger partial charge < -0.3 is 9.47 Å². The summed E-state index contributed by atoms with van der Waals surface area (Å²) in [5.74, 6) is 1.73. The lowest BCUT2D eigenvalue weighted by atomic mass is 9.95. The first-order valence-electron chi connectivity index (χ1n) is 8.87. The molecule has 3 aromatic heterocycles. The lowest BCUT2D eigenvalue weighted by Gasteiger charge is -2.34. The van der Waals surface area contributed by atoms with Crippen molar-refractivity contribution in [2.45, 2.75) is 32.2 Å². The first-order valence-corrected chi connectivity index (χ1v) is 8.87. The minimum Gasteiger partial charge on any atom is -0.371 e. The Kier molecular flexibility index (Phi) is 4.46. The second-order valence-corrected chi connectivity index (χ2v) is 6.69. The van der Waals surface area contributed by atoms with Crippen LogP contribution in [-0.4, -0.2) is 32.6 Å². The number of hydrogen-bond donors (Lipinski definition) is 0. The first kappa shape index (κ1) is 15.8. The molecule has 0 aromatic carbocycles. The molecule has 1 saturated heterocycles.